The molecule has 1 amide bonds. The zero-order chi connectivity index (χ0) is 16.7. The van der Waals surface area contributed by atoms with E-state index < -0.39 is 0 Å². The van der Waals surface area contributed by atoms with E-state index in [2.05, 4.69) is 5.32 Å². The highest BCUT2D eigenvalue weighted by Gasteiger charge is 2.24. The van der Waals surface area contributed by atoms with Gasteiger partial charge in [-0.25, -0.2) is 0 Å². The van der Waals surface area contributed by atoms with Crippen LogP contribution < -0.4 is 5.32 Å². The summed E-state index contributed by atoms with van der Waals surface area (Å²) in [5.74, 6) is -0.342. The molecule has 0 spiro atoms. The number of hydrogen-bond acceptors (Lipinski definition) is 3. The molecule has 0 fully saturated rings. The summed E-state index contributed by atoms with van der Waals surface area (Å²) >= 11 is 7.14. The molecule has 0 radical (unpaired) electrons. The molecule has 4 rings (SSSR count). The lowest BCUT2D eigenvalue weighted by Gasteiger charge is -2.04. The lowest BCUT2D eigenvalue weighted by Crippen LogP contribution is -2.11. The second-order valence-corrected chi connectivity index (χ2v) is 6.98. The molecule has 0 atom stereocenters. The van der Waals surface area contributed by atoms with Crippen LogP contribution in [0.1, 0.15) is 20.9 Å². The summed E-state index contributed by atoms with van der Waals surface area (Å²) < 4.78 is 2.08. The summed E-state index contributed by atoms with van der Waals surface area (Å²) in [6, 6.07) is 14.5. The van der Waals surface area contributed by atoms with Gasteiger partial charge in [0.25, 0.3) is 11.8 Å². The topological polar surface area (TPSA) is 51.1 Å². The van der Waals surface area contributed by atoms with E-state index in [-0.39, 0.29) is 11.8 Å². The van der Waals surface area contributed by atoms with E-state index in [1.54, 1.807) is 36.5 Å². The molecule has 0 aliphatic carbocycles. The minimum Gasteiger partial charge on any atom is -0.321 e. The molecular weight excluding hydrogens is 344 g/mol. The highest BCUT2D eigenvalue weighted by Crippen LogP contribution is 2.33. The molecule has 1 aromatic carbocycles. The summed E-state index contributed by atoms with van der Waals surface area (Å²) in [6.07, 6.45) is 3.41. The average Bonchev–Trinajstić information content (AvgIpc) is 3.27. The number of para-hydroxylation sites is 1. The van der Waals surface area contributed by atoms with Crippen molar-refractivity contribution >= 4 is 52.1 Å². The van der Waals surface area contributed by atoms with Crippen LogP contribution in [0.3, 0.4) is 0 Å². The van der Waals surface area contributed by atoms with Gasteiger partial charge in [-0.3, -0.25) is 14.2 Å². The number of anilines is 1. The fraction of sp³-hybridized carbons (Fsp3) is 0. The number of hydrogen-bond donors (Lipinski definition) is 1. The molecule has 0 saturated heterocycles. The molecule has 3 aromatic rings. The number of halogens is 1. The van der Waals surface area contributed by atoms with Crippen molar-refractivity contribution in [2.24, 2.45) is 0 Å². The van der Waals surface area contributed by atoms with Crippen molar-refractivity contribution < 1.29 is 9.59 Å². The fourth-order valence-corrected chi connectivity index (χ4v) is 3.66. The summed E-state index contributed by atoms with van der Waals surface area (Å²) in [4.78, 5) is 25.4. The third-order valence-electron chi connectivity index (χ3n) is 3.79. The Labute approximate surface area is 147 Å². The van der Waals surface area contributed by atoms with Gasteiger partial charge in [-0.15, -0.1) is 11.3 Å². The molecule has 1 N–H and O–H groups in total. The van der Waals surface area contributed by atoms with Crippen LogP contribution in [0.5, 0.6) is 0 Å². The predicted molar refractivity (Wildman–Crippen MR) is 96.4 cm³/mol. The maximum atomic E-state index is 12.6. The summed E-state index contributed by atoms with van der Waals surface area (Å²) in [5.41, 5.74) is 2.80. The summed E-state index contributed by atoms with van der Waals surface area (Å²) in [5, 5.41) is 2.83. The highest BCUT2D eigenvalue weighted by atomic mass is 35.5. The second-order valence-electron chi connectivity index (χ2n) is 5.27. The number of rotatable bonds is 2. The van der Waals surface area contributed by atoms with E-state index in [1.807, 2.05) is 24.3 Å². The maximum Gasteiger partial charge on any atom is 0.272 e. The first kappa shape index (κ1) is 14.9. The third-order valence-corrected chi connectivity index (χ3v) is 5.00. The first-order valence-electron chi connectivity index (χ1n) is 7.23. The van der Waals surface area contributed by atoms with E-state index in [0.717, 1.165) is 11.3 Å². The number of carbonyl (C=O) groups excluding carboxylic acids is 2. The van der Waals surface area contributed by atoms with Gasteiger partial charge in [0.05, 0.1) is 14.8 Å². The number of nitrogens with zero attached hydrogens (tertiary/aromatic N) is 1. The zero-order valence-corrected chi connectivity index (χ0v) is 13.9. The second kappa shape index (κ2) is 5.78. The standard InChI is InChI=1S/C18H11ClN2O2S/c19-16-8-7-15(24-16)18(23)21-9-3-4-11(21)10-13-12-5-1-2-6-14(12)20-17(13)22/h1-10H,(H,20,22)/b13-10-. The van der Waals surface area contributed by atoms with Crippen molar-refractivity contribution in [2.45, 2.75) is 0 Å². The minimum atomic E-state index is -0.171. The number of thiophene rings is 1. The van der Waals surface area contributed by atoms with Crippen molar-refractivity contribution in [3.63, 3.8) is 0 Å². The molecule has 0 saturated carbocycles. The molecule has 2 aromatic heterocycles. The van der Waals surface area contributed by atoms with Gasteiger partial charge in [0.2, 0.25) is 0 Å². The molecule has 1 aliphatic rings. The summed E-state index contributed by atoms with van der Waals surface area (Å²) in [6.45, 7) is 0. The number of fused-ring (bicyclic) bond motifs is 1. The normalized spacial score (nSPS) is 14.7. The summed E-state index contributed by atoms with van der Waals surface area (Å²) in [7, 11) is 0. The van der Waals surface area contributed by atoms with E-state index >= 15 is 0 Å². The number of aromatic nitrogens is 1. The number of nitrogens with one attached hydrogen (secondary N) is 1. The largest absolute Gasteiger partial charge is 0.321 e. The van der Waals surface area contributed by atoms with Gasteiger partial charge in [0.15, 0.2) is 0 Å². The van der Waals surface area contributed by atoms with Gasteiger partial charge < -0.3 is 5.32 Å². The van der Waals surface area contributed by atoms with Crippen LogP contribution in [-0.2, 0) is 4.79 Å². The van der Waals surface area contributed by atoms with E-state index in [0.29, 0.717) is 20.5 Å². The third kappa shape index (κ3) is 2.48. The lowest BCUT2D eigenvalue weighted by molar-refractivity contribution is -0.110. The minimum absolute atomic E-state index is 0.171. The van der Waals surface area contributed by atoms with E-state index in [1.165, 1.54) is 15.9 Å². The quantitative estimate of drug-likeness (QED) is 0.694. The molecule has 6 heteroatoms. The molecule has 4 nitrogen and oxygen atoms in total. The van der Waals surface area contributed by atoms with Gasteiger partial charge >= 0.3 is 0 Å². The molecular formula is C18H11ClN2O2S. The predicted octanol–water partition coefficient (Wildman–Crippen LogP) is 4.38. The van der Waals surface area contributed by atoms with Crippen molar-refractivity contribution in [3.8, 4) is 0 Å². The SMILES string of the molecule is O=C1Nc2ccccc2/C1=C/c1cccn1C(=O)c1ccc(Cl)s1. The van der Waals surface area contributed by atoms with Crippen LogP contribution in [0.2, 0.25) is 4.34 Å². The lowest BCUT2D eigenvalue weighted by atomic mass is 10.1. The van der Waals surface area contributed by atoms with Crippen LogP contribution in [0.15, 0.2) is 54.7 Å². The Morgan fingerprint density at radius 2 is 1.96 bits per heavy atom. The zero-order valence-electron chi connectivity index (χ0n) is 12.3. The van der Waals surface area contributed by atoms with Crippen LogP contribution in [0, 0.1) is 0 Å². The van der Waals surface area contributed by atoms with Crippen LogP contribution >= 0.6 is 22.9 Å². The van der Waals surface area contributed by atoms with Gasteiger partial charge in [0.1, 0.15) is 0 Å². The van der Waals surface area contributed by atoms with Crippen LogP contribution in [-0.4, -0.2) is 16.4 Å². The first-order valence-corrected chi connectivity index (χ1v) is 8.43. The monoisotopic (exact) mass is 354 g/mol. The van der Waals surface area contributed by atoms with Gasteiger partial charge in [-0.2, -0.15) is 0 Å². The van der Waals surface area contributed by atoms with Gasteiger partial charge in [0, 0.05) is 23.1 Å². The Hall–Kier alpha value is -2.63. The number of carbonyl (C=O) groups is 2. The van der Waals surface area contributed by atoms with Crippen LogP contribution in [0.25, 0.3) is 11.6 Å². The molecule has 24 heavy (non-hydrogen) atoms. The fourth-order valence-electron chi connectivity index (χ4n) is 2.67. The molecule has 118 valence electrons. The van der Waals surface area contributed by atoms with E-state index in [4.69, 9.17) is 11.6 Å². The van der Waals surface area contributed by atoms with Crippen molar-refractivity contribution in [1.82, 2.24) is 4.57 Å². The maximum absolute atomic E-state index is 12.6. The Morgan fingerprint density at radius 1 is 1.12 bits per heavy atom. The van der Waals surface area contributed by atoms with E-state index in [9.17, 15) is 9.59 Å². The highest BCUT2D eigenvalue weighted by molar-refractivity contribution is 7.18. The average molecular weight is 355 g/mol. The van der Waals surface area contributed by atoms with Crippen LogP contribution in [0.4, 0.5) is 5.69 Å². The Morgan fingerprint density at radius 3 is 2.75 bits per heavy atom. The number of benzene rings is 1. The number of amides is 1. The molecule has 0 bridgehead atoms. The van der Waals surface area contributed by atoms with Gasteiger partial charge in [-0.1, -0.05) is 29.8 Å². The Bertz CT molecular complexity index is 1000. The van der Waals surface area contributed by atoms with Crippen molar-refractivity contribution in [3.05, 3.63) is 75.2 Å². The van der Waals surface area contributed by atoms with Gasteiger partial charge in [-0.05, 0) is 36.4 Å². The Balaban J connectivity index is 1.76. The molecule has 1 aliphatic heterocycles. The Kier molecular flexibility index (Phi) is 3.59. The smallest absolute Gasteiger partial charge is 0.272 e. The molecule has 0 unspecified atom stereocenters. The van der Waals surface area contributed by atoms with Crippen molar-refractivity contribution in [2.75, 3.05) is 5.32 Å². The van der Waals surface area contributed by atoms with Crippen molar-refractivity contribution in [1.29, 1.82) is 0 Å². The first-order chi connectivity index (χ1) is 11.6. The molecule has 3 heterocycles.